The molecule has 6 nitrogen and oxygen atoms in total. The monoisotopic (exact) mass is 306 g/mol. The highest BCUT2D eigenvalue weighted by Crippen LogP contribution is 2.04. The zero-order chi connectivity index (χ0) is 16.2. The molecule has 1 aromatic carbocycles. The Bertz CT molecular complexity index is 488. The molecule has 0 saturated carbocycles. The molecule has 1 aromatic rings. The van der Waals surface area contributed by atoms with Crippen molar-refractivity contribution >= 4 is 17.9 Å². The summed E-state index contributed by atoms with van der Waals surface area (Å²) in [5.74, 6) is -1.19. The van der Waals surface area contributed by atoms with Gasteiger partial charge in [-0.15, -0.1) is 0 Å². The van der Waals surface area contributed by atoms with Crippen molar-refractivity contribution in [3.63, 3.8) is 0 Å². The lowest BCUT2D eigenvalue weighted by molar-refractivity contribution is -0.137. The van der Waals surface area contributed by atoms with Crippen molar-refractivity contribution in [3.8, 4) is 0 Å². The zero-order valence-corrected chi connectivity index (χ0v) is 12.5. The molecule has 0 spiro atoms. The van der Waals surface area contributed by atoms with E-state index in [1.54, 1.807) is 30.3 Å². The summed E-state index contributed by atoms with van der Waals surface area (Å²) in [5.41, 5.74) is 0.441. The molecule has 0 fully saturated rings. The van der Waals surface area contributed by atoms with E-state index in [0.717, 1.165) is 25.7 Å². The van der Waals surface area contributed by atoms with Crippen LogP contribution in [0.1, 0.15) is 48.9 Å². The Kier molecular flexibility index (Phi) is 8.33. The van der Waals surface area contributed by atoms with E-state index < -0.39 is 17.9 Å². The largest absolute Gasteiger partial charge is 0.481 e. The number of unbranched alkanes of at least 4 members (excludes halogenated alkanes) is 4. The van der Waals surface area contributed by atoms with Crippen LogP contribution in [0.25, 0.3) is 0 Å². The Balaban J connectivity index is 2.04. The van der Waals surface area contributed by atoms with Gasteiger partial charge in [0.15, 0.2) is 0 Å². The number of carbonyl (C=O) groups excluding carboxylic acids is 2. The fourth-order valence-corrected chi connectivity index (χ4v) is 1.94. The van der Waals surface area contributed by atoms with E-state index in [0.29, 0.717) is 18.5 Å². The first-order valence-electron chi connectivity index (χ1n) is 7.45. The average Bonchev–Trinajstić information content (AvgIpc) is 2.50. The van der Waals surface area contributed by atoms with Crippen LogP contribution in [-0.2, 0) is 4.79 Å². The zero-order valence-electron chi connectivity index (χ0n) is 12.5. The maximum atomic E-state index is 11.7. The van der Waals surface area contributed by atoms with Gasteiger partial charge in [0.05, 0.1) is 0 Å². The number of imide groups is 1. The molecule has 22 heavy (non-hydrogen) atoms. The molecule has 0 saturated heterocycles. The van der Waals surface area contributed by atoms with E-state index in [1.165, 1.54) is 0 Å². The first-order valence-corrected chi connectivity index (χ1v) is 7.45. The predicted octanol–water partition coefficient (Wildman–Crippen LogP) is 2.55. The Morgan fingerprint density at radius 3 is 2.23 bits per heavy atom. The van der Waals surface area contributed by atoms with Crippen LogP contribution in [0.3, 0.4) is 0 Å². The van der Waals surface area contributed by atoms with Crippen molar-refractivity contribution < 1.29 is 19.5 Å². The molecule has 3 amide bonds. The third-order valence-electron chi connectivity index (χ3n) is 3.12. The molecule has 0 aliphatic rings. The Labute approximate surface area is 129 Å². The number of aliphatic carboxylic acids is 1. The maximum Gasteiger partial charge on any atom is 0.321 e. The lowest BCUT2D eigenvalue weighted by Gasteiger charge is -2.06. The van der Waals surface area contributed by atoms with E-state index in [4.69, 9.17) is 5.11 Å². The summed E-state index contributed by atoms with van der Waals surface area (Å²) in [6.07, 6.45) is 4.45. The van der Waals surface area contributed by atoms with E-state index in [2.05, 4.69) is 10.6 Å². The Morgan fingerprint density at radius 2 is 1.55 bits per heavy atom. The SMILES string of the molecule is O=C(O)CCCCCCCNC(=O)NC(=O)c1ccccc1. The number of carboxylic acid groups (broad SMARTS) is 1. The fourth-order valence-electron chi connectivity index (χ4n) is 1.94. The van der Waals surface area contributed by atoms with Gasteiger partial charge in [-0.2, -0.15) is 0 Å². The third-order valence-corrected chi connectivity index (χ3v) is 3.12. The summed E-state index contributed by atoms with van der Waals surface area (Å²) in [5, 5.41) is 13.4. The highest BCUT2D eigenvalue weighted by Gasteiger charge is 2.08. The van der Waals surface area contributed by atoms with Gasteiger partial charge in [-0.1, -0.05) is 37.5 Å². The van der Waals surface area contributed by atoms with Crippen molar-refractivity contribution in [3.05, 3.63) is 35.9 Å². The standard InChI is InChI=1S/C16H22N2O4/c19-14(20)11-7-2-1-3-8-12-17-16(22)18-15(21)13-9-5-4-6-10-13/h4-6,9-10H,1-3,7-8,11-12H2,(H,19,20)(H2,17,18,21,22). The lowest BCUT2D eigenvalue weighted by Crippen LogP contribution is -2.39. The van der Waals surface area contributed by atoms with Gasteiger partial charge in [-0.25, -0.2) is 4.79 Å². The summed E-state index contributed by atoms with van der Waals surface area (Å²) in [6, 6.07) is 8.04. The number of nitrogens with one attached hydrogen (secondary N) is 2. The van der Waals surface area contributed by atoms with Gasteiger partial charge >= 0.3 is 12.0 Å². The van der Waals surface area contributed by atoms with Gasteiger partial charge in [0.1, 0.15) is 0 Å². The summed E-state index contributed by atoms with van der Waals surface area (Å²) in [7, 11) is 0. The molecule has 0 aromatic heterocycles. The molecule has 1 rings (SSSR count). The van der Waals surface area contributed by atoms with Gasteiger partial charge < -0.3 is 10.4 Å². The van der Waals surface area contributed by atoms with Crippen molar-refractivity contribution in [2.45, 2.75) is 38.5 Å². The Hall–Kier alpha value is -2.37. The smallest absolute Gasteiger partial charge is 0.321 e. The number of hydrogen-bond acceptors (Lipinski definition) is 3. The quantitative estimate of drug-likeness (QED) is 0.611. The van der Waals surface area contributed by atoms with E-state index in [1.807, 2.05) is 0 Å². The second-order valence-electron chi connectivity index (χ2n) is 4.99. The summed E-state index contributed by atoms with van der Waals surface area (Å²) in [4.78, 5) is 33.5. The number of rotatable bonds is 9. The van der Waals surface area contributed by atoms with Gasteiger partial charge in [0.25, 0.3) is 5.91 Å². The van der Waals surface area contributed by atoms with E-state index in [-0.39, 0.29) is 6.42 Å². The Morgan fingerprint density at radius 1 is 0.909 bits per heavy atom. The summed E-state index contributed by atoms with van der Waals surface area (Å²) < 4.78 is 0. The minimum absolute atomic E-state index is 0.211. The van der Waals surface area contributed by atoms with E-state index >= 15 is 0 Å². The molecule has 0 atom stereocenters. The summed E-state index contributed by atoms with van der Waals surface area (Å²) in [6.45, 7) is 0.493. The van der Waals surface area contributed by atoms with Gasteiger partial charge in [-0.05, 0) is 25.0 Å². The molecule has 120 valence electrons. The lowest BCUT2D eigenvalue weighted by atomic mass is 10.1. The van der Waals surface area contributed by atoms with Gasteiger partial charge in [0, 0.05) is 18.5 Å². The highest BCUT2D eigenvalue weighted by atomic mass is 16.4. The summed E-state index contributed by atoms with van der Waals surface area (Å²) >= 11 is 0. The van der Waals surface area contributed by atoms with Crippen LogP contribution in [0.15, 0.2) is 30.3 Å². The highest BCUT2D eigenvalue weighted by molar-refractivity contribution is 6.04. The van der Waals surface area contributed by atoms with Gasteiger partial charge in [-0.3, -0.25) is 14.9 Å². The van der Waals surface area contributed by atoms with Crippen molar-refractivity contribution in [2.75, 3.05) is 6.54 Å². The molecule has 3 N–H and O–H groups in total. The van der Waals surface area contributed by atoms with Gasteiger partial charge in [0.2, 0.25) is 0 Å². The fraction of sp³-hybridized carbons (Fsp3) is 0.438. The molecule has 0 radical (unpaired) electrons. The first kappa shape index (κ1) is 17.7. The predicted molar refractivity (Wildman–Crippen MR) is 82.6 cm³/mol. The number of urea groups is 1. The number of carboxylic acids is 1. The van der Waals surface area contributed by atoms with Crippen LogP contribution >= 0.6 is 0 Å². The van der Waals surface area contributed by atoms with Crippen LogP contribution in [-0.4, -0.2) is 29.6 Å². The molecular weight excluding hydrogens is 284 g/mol. The molecular formula is C16H22N2O4. The maximum absolute atomic E-state index is 11.7. The second kappa shape index (κ2) is 10.4. The third kappa shape index (κ3) is 8.04. The van der Waals surface area contributed by atoms with Crippen molar-refractivity contribution in [1.82, 2.24) is 10.6 Å². The average molecular weight is 306 g/mol. The van der Waals surface area contributed by atoms with Crippen LogP contribution < -0.4 is 10.6 Å². The number of carbonyl (C=O) groups is 3. The molecule has 0 heterocycles. The van der Waals surface area contributed by atoms with Crippen molar-refractivity contribution in [1.29, 1.82) is 0 Å². The minimum Gasteiger partial charge on any atom is -0.481 e. The first-order chi connectivity index (χ1) is 10.6. The number of benzene rings is 1. The molecule has 6 heteroatoms. The normalized spacial score (nSPS) is 10.0. The van der Waals surface area contributed by atoms with Crippen molar-refractivity contribution in [2.24, 2.45) is 0 Å². The molecule has 0 bridgehead atoms. The van der Waals surface area contributed by atoms with Crippen LogP contribution in [0.2, 0.25) is 0 Å². The minimum atomic E-state index is -0.763. The van der Waals surface area contributed by atoms with Crippen LogP contribution in [0.4, 0.5) is 4.79 Å². The molecule has 0 aliphatic heterocycles. The second-order valence-corrected chi connectivity index (χ2v) is 4.99. The van der Waals surface area contributed by atoms with Crippen LogP contribution in [0.5, 0.6) is 0 Å². The topological polar surface area (TPSA) is 95.5 Å². The number of hydrogen-bond donors (Lipinski definition) is 3. The van der Waals surface area contributed by atoms with E-state index in [9.17, 15) is 14.4 Å². The molecule has 0 unspecified atom stereocenters. The number of amides is 3. The van der Waals surface area contributed by atoms with Crippen LogP contribution in [0, 0.1) is 0 Å². The molecule has 0 aliphatic carbocycles.